The second-order valence-corrected chi connectivity index (χ2v) is 7.65. The van der Waals surface area contributed by atoms with E-state index in [0.29, 0.717) is 16.7 Å². The number of sulfonamides is 1. The van der Waals surface area contributed by atoms with Crippen LogP contribution in [-0.4, -0.2) is 20.9 Å². The molecule has 0 aliphatic heterocycles. The summed E-state index contributed by atoms with van der Waals surface area (Å²) in [6, 6.07) is 11.2. The SMILES string of the molecule is C=CCNC(=O)c1cccc(S(=O)(=O)Nc2cc(C)ccc2Br)c1. The lowest BCUT2D eigenvalue weighted by Gasteiger charge is -2.11. The Morgan fingerprint density at radius 3 is 2.71 bits per heavy atom. The molecule has 7 heteroatoms. The number of carbonyl (C=O) groups excluding carboxylic acids is 1. The molecule has 0 saturated heterocycles. The van der Waals surface area contributed by atoms with Crippen LogP contribution < -0.4 is 10.0 Å². The van der Waals surface area contributed by atoms with Crippen LogP contribution in [0.5, 0.6) is 0 Å². The Morgan fingerprint density at radius 1 is 1.25 bits per heavy atom. The molecule has 0 aromatic heterocycles. The van der Waals surface area contributed by atoms with E-state index in [0.717, 1.165) is 5.56 Å². The minimum absolute atomic E-state index is 0.0159. The quantitative estimate of drug-likeness (QED) is 0.718. The fourth-order valence-corrected chi connectivity index (χ4v) is 3.59. The molecule has 1 amide bonds. The molecule has 0 aliphatic rings. The molecule has 0 radical (unpaired) electrons. The zero-order chi connectivity index (χ0) is 17.7. The Morgan fingerprint density at radius 2 is 2.00 bits per heavy atom. The first-order chi connectivity index (χ1) is 11.3. The second-order valence-electron chi connectivity index (χ2n) is 5.12. The molecule has 0 fully saturated rings. The third kappa shape index (κ3) is 4.46. The van der Waals surface area contributed by atoms with Gasteiger partial charge in [-0.05, 0) is 58.7 Å². The highest BCUT2D eigenvalue weighted by atomic mass is 79.9. The van der Waals surface area contributed by atoms with Crippen LogP contribution >= 0.6 is 15.9 Å². The molecule has 24 heavy (non-hydrogen) atoms. The van der Waals surface area contributed by atoms with Gasteiger partial charge in [0.15, 0.2) is 0 Å². The van der Waals surface area contributed by atoms with E-state index in [1.54, 1.807) is 24.3 Å². The van der Waals surface area contributed by atoms with E-state index in [-0.39, 0.29) is 16.4 Å². The highest BCUT2D eigenvalue weighted by Crippen LogP contribution is 2.26. The summed E-state index contributed by atoms with van der Waals surface area (Å²) in [6.07, 6.45) is 1.55. The number of carbonyl (C=O) groups is 1. The first kappa shape index (κ1) is 18.2. The summed E-state index contributed by atoms with van der Waals surface area (Å²) in [7, 11) is -3.81. The molecule has 0 spiro atoms. The van der Waals surface area contributed by atoms with Crippen LogP contribution in [0.3, 0.4) is 0 Å². The zero-order valence-corrected chi connectivity index (χ0v) is 15.4. The number of halogens is 1. The van der Waals surface area contributed by atoms with E-state index >= 15 is 0 Å². The van der Waals surface area contributed by atoms with Gasteiger partial charge in [0.25, 0.3) is 15.9 Å². The van der Waals surface area contributed by atoms with Gasteiger partial charge in [-0.3, -0.25) is 9.52 Å². The van der Waals surface area contributed by atoms with Crippen molar-refractivity contribution < 1.29 is 13.2 Å². The van der Waals surface area contributed by atoms with Crippen molar-refractivity contribution in [3.05, 3.63) is 70.7 Å². The lowest BCUT2D eigenvalue weighted by molar-refractivity contribution is 0.0958. The smallest absolute Gasteiger partial charge is 0.261 e. The number of hydrogen-bond acceptors (Lipinski definition) is 3. The molecule has 0 unspecified atom stereocenters. The van der Waals surface area contributed by atoms with Crippen LogP contribution in [0.25, 0.3) is 0 Å². The first-order valence-corrected chi connectivity index (χ1v) is 9.39. The molecule has 2 N–H and O–H groups in total. The van der Waals surface area contributed by atoms with Crippen LogP contribution in [0.4, 0.5) is 5.69 Å². The number of hydrogen-bond donors (Lipinski definition) is 2. The number of nitrogens with one attached hydrogen (secondary N) is 2. The zero-order valence-electron chi connectivity index (χ0n) is 13.0. The van der Waals surface area contributed by atoms with Crippen molar-refractivity contribution in [3.8, 4) is 0 Å². The second kappa shape index (κ2) is 7.63. The van der Waals surface area contributed by atoms with Gasteiger partial charge in [0.05, 0.1) is 10.6 Å². The van der Waals surface area contributed by atoms with Gasteiger partial charge in [0.1, 0.15) is 0 Å². The number of amides is 1. The topological polar surface area (TPSA) is 75.3 Å². The molecule has 2 rings (SSSR count). The number of aryl methyl sites for hydroxylation is 1. The number of benzene rings is 2. The Hall–Kier alpha value is -2.12. The molecule has 0 bridgehead atoms. The molecular formula is C17H17BrN2O3S. The molecule has 0 aliphatic carbocycles. The van der Waals surface area contributed by atoms with Crippen molar-refractivity contribution >= 4 is 37.5 Å². The molecule has 2 aromatic carbocycles. The summed E-state index contributed by atoms with van der Waals surface area (Å²) in [5.74, 6) is -0.358. The van der Waals surface area contributed by atoms with Crippen molar-refractivity contribution in [2.24, 2.45) is 0 Å². The maximum atomic E-state index is 12.6. The van der Waals surface area contributed by atoms with Gasteiger partial charge in [-0.15, -0.1) is 6.58 Å². The molecule has 2 aromatic rings. The molecule has 0 saturated carbocycles. The Bertz CT molecular complexity index is 879. The monoisotopic (exact) mass is 408 g/mol. The lowest BCUT2D eigenvalue weighted by atomic mass is 10.2. The predicted molar refractivity (Wildman–Crippen MR) is 98.7 cm³/mol. The van der Waals surface area contributed by atoms with E-state index in [1.165, 1.54) is 18.2 Å². The highest BCUT2D eigenvalue weighted by molar-refractivity contribution is 9.10. The summed E-state index contributed by atoms with van der Waals surface area (Å²) in [4.78, 5) is 12.0. The molecule has 5 nitrogen and oxygen atoms in total. The molecular weight excluding hydrogens is 392 g/mol. The van der Waals surface area contributed by atoms with Crippen molar-refractivity contribution in [1.29, 1.82) is 0 Å². The van der Waals surface area contributed by atoms with Crippen LogP contribution in [0, 0.1) is 6.92 Å². The van der Waals surface area contributed by atoms with Gasteiger partial charge >= 0.3 is 0 Å². The predicted octanol–water partition coefficient (Wildman–Crippen LogP) is 3.47. The Balaban J connectivity index is 2.31. The fraction of sp³-hybridized carbons (Fsp3) is 0.118. The highest BCUT2D eigenvalue weighted by Gasteiger charge is 2.17. The summed E-state index contributed by atoms with van der Waals surface area (Å²) in [5, 5.41) is 2.61. The average molecular weight is 409 g/mol. The summed E-state index contributed by atoms with van der Waals surface area (Å²) >= 11 is 3.32. The van der Waals surface area contributed by atoms with Crippen molar-refractivity contribution in [2.45, 2.75) is 11.8 Å². The Kier molecular flexibility index (Phi) is 5.80. The van der Waals surface area contributed by atoms with Gasteiger partial charge in [0, 0.05) is 16.6 Å². The molecule has 126 valence electrons. The Labute approximate surface area is 150 Å². The normalized spacial score (nSPS) is 10.9. The van der Waals surface area contributed by atoms with E-state index in [1.807, 2.05) is 13.0 Å². The van der Waals surface area contributed by atoms with E-state index in [9.17, 15) is 13.2 Å². The van der Waals surface area contributed by atoms with Gasteiger partial charge in [0.2, 0.25) is 0 Å². The third-order valence-corrected chi connectivity index (χ3v) is 5.23. The van der Waals surface area contributed by atoms with Crippen LogP contribution in [0.1, 0.15) is 15.9 Å². The van der Waals surface area contributed by atoms with Crippen molar-refractivity contribution in [3.63, 3.8) is 0 Å². The van der Waals surface area contributed by atoms with E-state index < -0.39 is 10.0 Å². The maximum Gasteiger partial charge on any atom is 0.261 e. The van der Waals surface area contributed by atoms with Crippen LogP contribution in [0.15, 0.2) is 64.5 Å². The summed E-state index contributed by atoms with van der Waals surface area (Å²) in [5.41, 5.74) is 1.63. The molecule has 0 atom stereocenters. The van der Waals surface area contributed by atoms with E-state index in [4.69, 9.17) is 0 Å². The van der Waals surface area contributed by atoms with Crippen LogP contribution in [-0.2, 0) is 10.0 Å². The van der Waals surface area contributed by atoms with Gasteiger partial charge < -0.3 is 5.32 Å². The largest absolute Gasteiger partial charge is 0.349 e. The fourth-order valence-electron chi connectivity index (χ4n) is 1.99. The van der Waals surface area contributed by atoms with Gasteiger partial charge in [-0.25, -0.2) is 8.42 Å². The number of rotatable bonds is 6. The van der Waals surface area contributed by atoms with Crippen LogP contribution in [0.2, 0.25) is 0 Å². The standard InChI is InChI=1S/C17H17BrN2O3S/c1-3-9-19-17(21)13-5-4-6-14(11-13)24(22,23)20-16-10-12(2)7-8-15(16)18/h3-8,10-11,20H,1,9H2,2H3,(H,19,21). The minimum atomic E-state index is -3.81. The average Bonchev–Trinajstić information content (AvgIpc) is 2.56. The maximum absolute atomic E-state index is 12.6. The minimum Gasteiger partial charge on any atom is -0.349 e. The van der Waals surface area contributed by atoms with Crippen molar-refractivity contribution in [1.82, 2.24) is 5.32 Å². The summed E-state index contributed by atoms with van der Waals surface area (Å²) < 4.78 is 28.3. The number of anilines is 1. The van der Waals surface area contributed by atoms with Crippen molar-refractivity contribution in [2.75, 3.05) is 11.3 Å². The first-order valence-electron chi connectivity index (χ1n) is 7.11. The lowest BCUT2D eigenvalue weighted by Crippen LogP contribution is -2.23. The summed E-state index contributed by atoms with van der Waals surface area (Å²) in [6.45, 7) is 5.70. The van der Waals surface area contributed by atoms with E-state index in [2.05, 4.69) is 32.5 Å². The van der Waals surface area contributed by atoms with Gasteiger partial charge in [-0.1, -0.05) is 18.2 Å². The third-order valence-electron chi connectivity index (χ3n) is 3.18. The van der Waals surface area contributed by atoms with Gasteiger partial charge in [-0.2, -0.15) is 0 Å². The molecule has 0 heterocycles.